The summed E-state index contributed by atoms with van der Waals surface area (Å²) in [6.45, 7) is 7.36. The molecule has 17 heavy (non-hydrogen) atoms. The fraction of sp³-hybridized carbons (Fsp3) is 0.467. The molecule has 0 aliphatic carbocycles. The van der Waals surface area contributed by atoms with Gasteiger partial charge >= 0.3 is 0 Å². The molecule has 0 spiro atoms. The fourth-order valence-electron chi connectivity index (χ4n) is 1.92. The number of benzene rings is 1. The Labute approximate surface area is 103 Å². The molecular weight excluding hydrogens is 212 g/mol. The zero-order valence-corrected chi connectivity index (χ0v) is 10.4. The lowest BCUT2D eigenvalue weighted by Crippen LogP contribution is -2.32. The van der Waals surface area contributed by atoms with Crippen molar-refractivity contribution in [3.8, 4) is 0 Å². The third-order valence-electron chi connectivity index (χ3n) is 3.16. The number of ether oxygens (including phenoxy) is 2. The summed E-state index contributed by atoms with van der Waals surface area (Å²) in [6, 6.07) is 8.66. The maximum atomic E-state index is 5.65. The van der Waals surface area contributed by atoms with Crippen molar-refractivity contribution in [3.63, 3.8) is 0 Å². The lowest BCUT2D eigenvalue weighted by Gasteiger charge is -2.27. The predicted octanol–water partition coefficient (Wildman–Crippen LogP) is 2.97. The first-order valence-electron chi connectivity index (χ1n) is 6.25. The van der Waals surface area contributed by atoms with Crippen molar-refractivity contribution in [1.82, 2.24) is 0 Å². The molecule has 1 aromatic carbocycles. The minimum Gasteiger partial charge on any atom is -0.352 e. The molecule has 2 heteroatoms. The predicted molar refractivity (Wildman–Crippen MR) is 68.9 cm³/mol. The quantitative estimate of drug-likeness (QED) is 0.743. The van der Waals surface area contributed by atoms with Crippen molar-refractivity contribution < 1.29 is 9.47 Å². The van der Waals surface area contributed by atoms with Gasteiger partial charge in [0.05, 0.1) is 13.2 Å². The smallest absolute Gasteiger partial charge is 0.161 e. The van der Waals surface area contributed by atoms with E-state index in [4.69, 9.17) is 9.47 Å². The lowest BCUT2D eigenvalue weighted by molar-refractivity contribution is -0.191. The van der Waals surface area contributed by atoms with Crippen LogP contribution in [0.1, 0.15) is 18.1 Å². The molecular formula is C15H20O2. The Balaban J connectivity index is 1.86. The molecule has 1 aliphatic heterocycles. The van der Waals surface area contributed by atoms with Gasteiger partial charge in [-0.25, -0.2) is 0 Å². The van der Waals surface area contributed by atoms with Gasteiger partial charge in [0.15, 0.2) is 6.29 Å². The van der Waals surface area contributed by atoms with Crippen molar-refractivity contribution in [2.75, 3.05) is 13.2 Å². The topological polar surface area (TPSA) is 18.5 Å². The Bertz CT molecular complexity index is 348. The van der Waals surface area contributed by atoms with Gasteiger partial charge in [-0.15, -0.1) is 6.58 Å². The molecule has 1 heterocycles. The molecule has 0 radical (unpaired) electrons. The second kappa shape index (κ2) is 5.99. The monoisotopic (exact) mass is 232 g/mol. The molecule has 0 unspecified atom stereocenters. The first-order valence-corrected chi connectivity index (χ1v) is 6.25. The van der Waals surface area contributed by atoms with Crippen LogP contribution in [0.3, 0.4) is 0 Å². The molecule has 0 bridgehead atoms. The largest absolute Gasteiger partial charge is 0.352 e. The molecule has 1 saturated heterocycles. The number of aryl methyl sites for hydroxylation is 1. The summed E-state index contributed by atoms with van der Waals surface area (Å²) in [5, 5.41) is 0. The van der Waals surface area contributed by atoms with E-state index in [0.29, 0.717) is 5.92 Å². The summed E-state index contributed by atoms with van der Waals surface area (Å²) in [7, 11) is 0. The summed E-state index contributed by atoms with van der Waals surface area (Å²) >= 11 is 0. The minimum atomic E-state index is -0.0984. The molecule has 0 atom stereocenters. The standard InChI is InChI=1S/C15H20O2/c1-3-12-5-7-14(8-6-12)9-15-16-10-13(4-2)11-17-15/h4-8,13,15H,2-3,9-11H2,1H3. The zero-order chi connectivity index (χ0) is 12.1. The van der Waals surface area contributed by atoms with E-state index in [0.717, 1.165) is 26.1 Å². The molecule has 2 rings (SSSR count). The second-order valence-corrected chi connectivity index (χ2v) is 4.47. The zero-order valence-electron chi connectivity index (χ0n) is 10.4. The van der Waals surface area contributed by atoms with Crippen molar-refractivity contribution in [2.24, 2.45) is 5.92 Å². The highest BCUT2D eigenvalue weighted by atomic mass is 16.7. The van der Waals surface area contributed by atoms with Gasteiger partial charge in [0.25, 0.3) is 0 Å². The molecule has 1 aromatic rings. The third kappa shape index (κ3) is 3.42. The highest BCUT2D eigenvalue weighted by molar-refractivity contribution is 5.22. The average molecular weight is 232 g/mol. The molecule has 0 saturated carbocycles. The molecule has 0 amide bonds. The summed E-state index contributed by atoms with van der Waals surface area (Å²) in [5.41, 5.74) is 2.63. The van der Waals surface area contributed by atoms with E-state index in [2.05, 4.69) is 37.8 Å². The first-order chi connectivity index (χ1) is 8.31. The maximum Gasteiger partial charge on any atom is 0.161 e. The van der Waals surface area contributed by atoms with Gasteiger partial charge in [0.2, 0.25) is 0 Å². The van der Waals surface area contributed by atoms with E-state index in [9.17, 15) is 0 Å². The lowest BCUT2D eigenvalue weighted by atomic mass is 10.1. The highest BCUT2D eigenvalue weighted by Gasteiger charge is 2.20. The molecule has 92 valence electrons. The van der Waals surface area contributed by atoms with E-state index in [1.165, 1.54) is 11.1 Å². The van der Waals surface area contributed by atoms with Crippen LogP contribution in [0.2, 0.25) is 0 Å². The van der Waals surface area contributed by atoms with Crippen LogP contribution in [-0.2, 0) is 22.3 Å². The van der Waals surface area contributed by atoms with Gasteiger partial charge in [-0.3, -0.25) is 0 Å². The Morgan fingerprint density at radius 1 is 1.18 bits per heavy atom. The van der Waals surface area contributed by atoms with Gasteiger partial charge in [-0.1, -0.05) is 37.3 Å². The number of rotatable bonds is 4. The molecule has 0 N–H and O–H groups in total. The van der Waals surface area contributed by atoms with Crippen LogP contribution in [0.25, 0.3) is 0 Å². The number of hydrogen-bond acceptors (Lipinski definition) is 2. The van der Waals surface area contributed by atoms with Gasteiger partial charge in [0, 0.05) is 12.3 Å². The maximum absolute atomic E-state index is 5.65. The Hall–Kier alpha value is -1.12. The molecule has 1 fully saturated rings. The van der Waals surface area contributed by atoms with E-state index in [-0.39, 0.29) is 6.29 Å². The van der Waals surface area contributed by atoms with Crippen molar-refractivity contribution in [3.05, 3.63) is 48.0 Å². The van der Waals surface area contributed by atoms with Gasteiger partial charge in [-0.05, 0) is 17.5 Å². The van der Waals surface area contributed by atoms with Crippen LogP contribution in [0, 0.1) is 5.92 Å². The van der Waals surface area contributed by atoms with Crippen LogP contribution in [0.5, 0.6) is 0 Å². The minimum absolute atomic E-state index is 0.0984. The van der Waals surface area contributed by atoms with Gasteiger partial charge in [0.1, 0.15) is 0 Å². The van der Waals surface area contributed by atoms with Crippen LogP contribution in [-0.4, -0.2) is 19.5 Å². The van der Waals surface area contributed by atoms with Crippen molar-refractivity contribution in [1.29, 1.82) is 0 Å². The normalized spacial score (nSPS) is 24.5. The molecule has 0 aromatic heterocycles. The van der Waals surface area contributed by atoms with Crippen LogP contribution in [0.15, 0.2) is 36.9 Å². The van der Waals surface area contributed by atoms with Gasteiger partial charge < -0.3 is 9.47 Å². The second-order valence-electron chi connectivity index (χ2n) is 4.47. The summed E-state index contributed by atoms with van der Waals surface area (Å²) < 4.78 is 11.3. The first kappa shape index (κ1) is 12.3. The van der Waals surface area contributed by atoms with E-state index >= 15 is 0 Å². The molecule has 2 nitrogen and oxygen atoms in total. The molecule has 1 aliphatic rings. The summed E-state index contributed by atoms with van der Waals surface area (Å²) in [6.07, 6.45) is 3.70. The van der Waals surface area contributed by atoms with Crippen LogP contribution in [0.4, 0.5) is 0 Å². The summed E-state index contributed by atoms with van der Waals surface area (Å²) in [4.78, 5) is 0. The van der Waals surface area contributed by atoms with Gasteiger partial charge in [-0.2, -0.15) is 0 Å². The van der Waals surface area contributed by atoms with E-state index < -0.39 is 0 Å². The third-order valence-corrected chi connectivity index (χ3v) is 3.16. The Morgan fingerprint density at radius 3 is 2.29 bits per heavy atom. The highest BCUT2D eigenvalue weighted by Crippen LogP contribution is 2.16. The van der Waals surface area contributed by atoms with E-state index in [1.54, 1.807) is 0 Å². The Morgan fingerprint density at radius 2 is 1.76 bits per heavy atom. The SMILES string of the molecule is C=CC1COC(Cc2ccc(CC)cc2)OC1. The van der Waals surface area contributed by atoms with Crippen LogP contribution >= 0.6 is 0 Å². The Kier molecular flexibility index (Phi) is 4.35. The average Bonchev–Trinajstić information content (AvgIpc) is 2.40. The van der Waals surface area contributed by atoms with Crippen molar-refractivity contribution in [2.45, 2.75) is 26.1 Å². The van der Waals surface area contributed by atoms with Crippen molar-refractivity contribution >= 4 is 0 Å². The number of hydrogen-bond donors (Lipinski definition) is 0. The summed E-state index contributed by atoms with van der Waals surface area (Å²) in [5.74, 6) is 0.341. The fourth-order valence-corrected chi connectivity index (χ4v) is 1.92. The van der Waals surface area contributed by atoms with E-state index in [1.807, 2.05) is 6.08 Å². The van der Waals surface area contributed by atoms with Crippen LogP contribution < -0.4 is 0 Å².